The maximum Gasteiger partial charge on any atom is 0.245 e. The van der Waals surface area contributed by atoms with Gasteiger partial charge in [-0.2, -0.15) is 0 Å². The number of nitrogens with two attached hydrogens (primary N) is 1. The van der Waals surface area contributed by atoms with Crippen molar-refractivity contribution >= 4 is 5.91 Å². The van der Waals surface area contributed by atoms with E-state index in [2.05, 4.69) is 6.58 Å². The summed E-state index contributed by atoms with van der Waals surface area (Å²) in [5.41, 5.74) is 5.53. The first-order valence-electron chi connectivity index (χ1n) is 3.78. The van der Waals surface area contributed by atoms with E-state index in [0.717, 1.165) is 0 Å². The van der Waals surface area contributed by atoms with E-state index in [9.17, 15) is 4.79 Å². The molecule has 0 rings (SSSR count). The highest BCUT2D eigenvalue weighted by atomic mass is 16.2. The summed E-state index contributed by atoms with van der Waals surface area (Å²) in [4.78, 5) is 12.7. The van der Waals surface area contributed by atoms with Gasteiger partial charge in [-0.3, -0.25) is 4.79 Å². The van der Waals surface area contributed by atoms with Crippen LogP contribution < -0.4 is 5.73 Å². The fourth-order valence-corrected chi connectivity index (χ4v) is 0.852. The van der Waals surface area contributed by atoms with Crippen molar-refractivity contribution in [3.63, 3.8) is 0 Å². The molecule has 64 valence electrons. The van der Waals surface area contributed by atoms with E-state index in [-0.39, 0.29) is 11.9 Å². The fourth-order valence-electron chi connectivity index (χ4n) is 0.852. The van der Waals surface area contributed by atoms with Gasteiger partial charge in [0.05, 0.1) is 0 Å². The van der Waals surface area contributed by atoms with Crippen LogP contribution in [-0.2, 0) is 4.79 Å². The van der Waals surface area contributed by atoms with Gasteiger partial charge in [-0.25, -0.2) is 0 Å². The first-order valence-corrected chi connectivity index (χ1v) is 3.78. The van der Waals surface area contributed by atoms with E-state index >= 15 is 0 Å². The second-order valence-corrected chi connectivity index (χ2v) is 2.56. The predicted molar refractivity (Wildman–Crippen MR) is 46.1 cm³/mol. The first kappa shape index (κ1) is 10.2. The van der Waals surface area contributed by atoms with Crippen LogP contribution in [-0.4, -0.2) is 29.9 Å². The molecule has 0 aliphatic carbocycles. The molecule has 0 aromatic rings. The Kier molecular flexibility index (Phi) is 4.54. The van der Waals surface area contributed by atoms with Gasteiger partial charge in [0.25, 0.3) is 0 Å². The van der Waals surface area contributed by atoms with Crippen LogP contribution in [0.1, 0.15) is 13.8 Å². The fraction of sp³-hybridized carbons (Fsp3) is 0.625. The molecule has 0 radical (unpaired) electrons. The first-order chi connectivity index (χ1) is 5.11. The second kappa shape index (κ2) is 4.91. The molecule has 0 saturated carbocycles. The zero-order chi connectivity index (χ0) is 8.85. The van der Waals surface area contributed by atoms with Crippen LogP contribution in [0.2, 0.25) is 0 Å². The summed E-state index contributed by atoms with van der Waals surface area (Å²) in [6.45, 7) is 8.48. The molecule has 0 spiro atoms. The number of rotatable bonds is 4. The van der Waals surface area contributed by atoms with Gasteiger partial charge in [-0.15, -0.1) is 0 Å². The Balaban J connectivity index is 3.94. The SMILES string of the molecule is C=CC(=O)N(CC)CC(C)N. The van der Waals surface area contributed by atoms with Crippen molar-refractivity contribution in [2.24, 2.45) is 5.73 Å². The number of hydrogen-bond donors (Lipinski definition) is 1. The van der Waals surface area contributed by atoms with Crippen molar-refractivity contribution in [1.82, 2.24) is 4.90 Å². The molecule has 0 aromatic carbocycles. The molecular weight excluding hydrogens is 140 g/mol. The maximum atomic E-state index is 11.0. The molecule has 0 bridgehead atoms. The standard InChI is InChI=1S/C8H16N2O/c1-4-8(11)10(5-2)6-7(3)9/h4,7H,1,5-6,9H2,2-3H3. The monoisotopic (exact) mass is 156 g/mol. The minimum Gasteiger partial charge on any atom is -0.338 e. The number of amides is 1. The maximum absolute atomic E-state index is 11.0. The Morgan fingerprint density at radius 1 is 1.82 bits per heavy atom. The Hall–Kier alpha value is -0.830. The lowest BCUT2D eigenvalue weighted by atomic mass is 10.3. The molecule has 2 N–H and O–H groups in total. The predicted octanol–water partition coefficient (Wildman–Crippen LogP) is 0.368. The third kappa shape index (κ3) is 3.78. The topological polar surface area (TPSA) is 46.3 Å². The summed E-state index contributed by atoms with van der Waals surface area (Å²) in [5, 5.41) is 0. The van der Waals surface area contributed by atoms with E-state index in [0.29, 0.717) is 13.1 Å². The second-order valence-electron chi connectivity index (χ2n) is 2.56. The minimum absolute atomic E-state index is 0.0267. The van der Waals surface area contributed by atoms with Crippen molar-refractivity contribution in [3.8, 4) is 0 Å². The average molecular weight is 156 g/mol. The lowest BCUT2D eigenvalue weighted by molar-refractivity contribution is -0.126. The smallest absolute Gasteiger partial charge is 0.245 e. The Morgan fingerprint density at radius 2 is 2.36 bits per heavy atom. The quantitative estimate of drug-likeness (QED) is 0.598. The molecular formula is C8H16N2O. The summed E-state index contributed by atoms with van der Waals surface area (Å²) >= 11 is 0. The summed E-state index contributed by atoms with van der Waals surface area (Å²) in [5.74, 6) is -0.0511. The molecule has 1 atom stereocenters. The van der Waals surface area contributed by atoms with Crippen molar-refractivity contribution in [2.45, 2.75) is 19.9 Å². The van der Waals surface area contributed by atoms with E-state index in [1.807, 2.05) is 13.8 Å². The van der Waals surface area contributed by atoms with Crippen LogP contribution in [0.15, 0.2) is 12.7 Å². The summed E-state index contributed by atoms with van der Waals surface area (Å²) in [6, 6.07) is 0.0267. The van der Waals surface area contributed by atoms with E-state index < -0.39 is 0 Å². The zero-order valence-corrected chi connectivity index (χ0v) is 7.21. The lowest BCUT2D eigenvalue weighted by Crippen LogP contribution is -2.38. The van der Waals surface area contributed by atoms with Gasteiger partial charge >= 0.3 is 0 Å². The van der Waals surface area contributed by atoms with Crippen LogP contribution in [0, 0.1) is 0 Å². The van der Waals surface area contributed by atoms with E-state index in [1.54, 1.807) is 4.90 Å². The van der Waals surface area contributed by atoms with Crippen LogP contribution in [0.25, 0.3) is 0 Å². The molecule has 0 aliphatic heterocycles. The number of carbonyl (C=O) groups excluding carboxylic acids is 1. The number of hydrogen-bond acceptors (Lipinski definition) is 2. The molecule has 1 unspecified atom stereocenters. The van der Waals surface area contributed by atoms with Crippen molar-refractivity contribution in [1.29, 1.82) is 0 Å². The molecule has 0 heterocycles. The number of nitrogens with zero attached hydrogens (tertiary/aromatic N) is 1. The molecule has 1 amide bonds. The molecule has 3 heteroatoms. The van der Waals surface area contributed by atoms with Crippen LogP contribution in [0.5, 0.6) is 0 Å². The lowest BCUT2D eigenvalue weighted by Gasteiger charge is -2.20. The Labute approximate surface area is 67.9 Å². The summed E-state index contributed by atoms with van der Waals surface area (Å²) in [6.07, 6.45) is 1.31. The van der Waals surface area contributed by atoms with Crippen molar-refractivity contribution in [3.05, 3.63) is 12.7 Å². The molecule has 3 nitrogen and oxygen atoms in total. The molecule has 0 aliphatic rings. The molecule has 11 heavy (non-hydrogen) atoms. The largest absolute Gasteiger partial charge is 0.338 e. The Bertz CT molecular complexity index is 143. The number of carbonyl (C=O) groups is 1. The third-order valence-corrected chi connectivity index (χ3v) is 1.38. The average Bonchev–Trinajstić information content (AvgIpc) is 1.98. The highest BCUT2D eigenvalue weighted by Gasteiger charge is 2.08. The minimum atomic E-state index is -0.0511. The van der Waals surface area contributed by atoms with Gasteiger partial charge in [0.2, 0.25) is 5.91 Å². The van der Waals surface area contributed by atoms with Crippen LogP contribution >= 0.6 is 0 Å². The van der Waals surface area contributed by atoms with Gasteiger partial charge in [0.1, 0.15) is 0 Å². The molecule has 0 saturated heterocycles. The number of likely N-dealkylation sites (N-methyl/N-ethyl adjacent to an activating group) is 1. The highest BCUT2D eigenvalue weighted by molar-refractivity contribution is 5.86. The summed E-state index contributed by atoms with van der Waals surface area (Å²) in [7, 11) is 0. The zero-order valence-electron chi connectivity index (χ0n) is 7.21. The normalized spacial score (nSPS) is 12.3. The third-order valence-electron chi connectivity index (χ3n) is 1.38. The van der Waals surface area contributed by atoms with Gasteiger partial charge in [-0.05, 0) is 19.9 Å². The van der Waals surface area contributed by atoms with Crippen molar-refractivity contribution < 1.29 is 4.79 Å². The highest BCUT2D eigenvalue weighted by Crippen LogP contribution is 1.91. The van der Waals surface area contributed by atoms with E-state index in [1.165, 1.54) is 6.08 Å². The summed E-state index contributed by atoms with van der Waals surface area (Å²) < 4.78 is 0. The van der Waals surface area contributed by atoms with Gasteiger partial charge in [0, 0.05) is 19.1 Å². The van der Waals surface area contributed by atoms with Gasteiger partial charge < -0.3 is 10.6 Å². The van der Waals surface area contributed by atoms with Crippen molar-refractivity contribution in [2.75, 3.05) is 13.1 Å². The van der Waals surface area contributed by atoms with Crippen LogP contribution in [0.4, 0.5) is 0 Å². The van der Waals surface area contributed by atoms with E-state index in [4.69, 9.17) is 5.73 Å². The van der Waals surface area contributed by atoms with Crippen LogP contribution in [0.3, 0.4) is 0 Å². The Morgan fingerprint density at radius 3 is 2.64 bits per heavy atom. The van der Waals surface area contributed by atoms with Gasteiger partial charge in [0.15, 0.2) is 0 Å². The van der Waals surface area contributed by atoms with Gasteiger partial charge in [-0.1, -0.05) is 6.58 Å². The molecule has 0 fully saturated rings. The molecule has 0 aromatic heterocycles.